The van der Waals surface area contributed by atoms with Gasteiger partial charge in [-0.3, -0.25) is 14.4 Å². The van der Waals surface area contributed by atoms with Gasteiger partial charge in [-0.15, -0.1) is 18.3 Å². The lowest BCUT2D eigenvalue weighted by molar-refractivity contribution is -0.156. The third kappa shape index (κ3) is 5.18. The zero-order valence-corrected chi connectivity index (χ0v) is 27.8. The molecule has 1 N–H and O–H groups in total. The molecule has 3 fully saturated rings. The molecular formula is C36H44N6O6. The molecule has 1 spiro atoms. The average molecular weight is 657 g/mol. The van der Waals surface area contributed by atoms with Crippen molar-refractivity contribution >= 4 is 34.4 Å². The number of ether oxygens (including phenoxy) is 2. The fourth-order valence-corrected chi connectivity index (χ4v) is 8.11. The van der Waals surface area contributed by atoms with Gasteiger partial charge in [0.25, 0.3) is 0 Å². The van der Waals surface area contributed by atoms with Gasteiger partial charge in [0.1, 0.15) is 29.6 Å². The molecule has 12 nitrogen and oxygen atoms in total. The molecule has 6 atom stereocenters. The molecule has 3 saturated heterocycles. The van der Waals surface area contributed by atoms with Crippen LogP contribution in [0.4, 0.5) is 5.69 Å². The predicted molar refractivity (Wildman–Crippen MR) is 180 cm³/mol. The molecule has 254 valence electrons. The Morgan fingerprint density at radius 1 is 1.10 bits per heavy atom. The summed E-state index contributed by atoms with van der Waals surface area (Å²) in [5, 5.41) is 18.9. The maximum atomic E-state index is 14.9. The number of hydrogen-bond donors (Lipinski definition) is 1. The van der Waals surface area contributed by atoms with E-state index in [1.165, 1.54) is 4.90 Å². The Kier molecular flexibility index (Phi) is 9.14. The van der Waals surface area contributed by atoms with Gasteiger partial charge in [0, 0.05) is 18.8 Å². The molecular weight excluding hydrogens is 612 g/mol. The number of likely N-dealkylation sites (tertiary alicyclic amines) is 1. The van der Waals surface area contributed by atoms with Crippen molar-refractivity contribution in [3.05, 3.63) is 73.8 Å². The van der Waals surface area contributed by atoms with Gasteiger partial charge in [0.2, 0.25) is 17.7 Å². The number of hydrogen-bond acceptors (Lipinski definition) is 8. The lowest BCUT2D eigenvalue weighted by atomic mass is 9.64. The number of carbonyl (C=O) groups excluding carboxylic acids is 3. The van der Waals surface area contributed by atoms with Crippen LogP contribution >= 0.6 is 0 Å². The molecule has 0 aliphatic carbocycles. The van der Waals surface area contributed by atoms with Crippen molar-refractivity contribution in [3.8, 4) is 5.75 Å². The number of aliphatic hydroxyl groups excluding tert-OH is 1. The number of fused-ring (bicyclic) bond motifs is 2. The highest BCUT2D eigenvalue weighted by atomic mass is 16.5. The van der Waals surface area contributed by atoms with Crippen LogP contribution in [-0.2, 0) is 25.8 Å². The zero-order valence-electron chi connectivity index (χ0n) is 27.8. The van der Waals surface area contributed by atoms with Gasteiger partial charge in [-0.1, -0.05) is 36.4 Å². The molecule has 3 aliphatic heterocycles. The first-order valence-corrected chi connectivity index (χ1v) is 16.7. The van der Waals surface area contributed by atoms with Gasteiger partial charge >= 0.3 is 0 Å². The number of aromatic nitrogens is 3. The SMILES string of the molecule is C=CCN(Cn1nnc2ccccc21)C(=O)C1N([C@H](C)CO)C(=O)[C@@H]2[C@H](C(=O)N(CC=C)c3ccc(OCC)cc3)[C@]3(CC)CCC12O3. The molecule has 48 heavy (non-hydrogen) atoms. The molecule has 4 heterocycles. The van der Waals surface area contributed by atoms with Crippen molar-refractivity contribution in [1.29, 1.82) is 0 Å². The van der Waals surface area contributed by atoms with E-state index in [2.05, 4.69) is 23.5 Å². The molecule has 0 radical (unpaired) electrons. The molecule has 2 bridgehead atoms. The predicted octanol–water partition coefficient (Wildman–Crippen LogP) is 3.56. The van der Waals surface area contributed by atoms with Crippen LogP contribution in [0.25, 0.3) is 11.0 Å². The second-order valence-corrected chi connectivity index (χ2v) is 12.8. The van der Waals surface area contributed by atoms with Crippen LogP contribution in [0.3, 0.4) is 0 Å². The summed E-state index contributed by atoms with van der Waals surface area (Å²) < 4.78 is 14.2. The summed E-state index contributed by atoms with van der Waals surface area (Å²) in [6.07, 6.45) is 4.69. The van der Waals surface area contributed by atoms with E-state index < -0.39 is 35.1 Å². The van der Waals surface area contributed by atoms with Crippen molar-refractivity contribution in [2.45, 2.75) is 70.0 Å². The van der Waals surface area contributed by atoms with Crippen molar-refractivity contribution in [3.63, 3.8) is 0 Å². The van der Waals surface area contributed by atoms with E-state index in [4.69, 9.17) is 9.47 Å². The minimum Gasteiger partial charge on any atom is -0.494 e. The number of aliphatic hydroxyl groups is 1. The topological polar surface area (TPSA) is 130 Å². The summed E-state index contributed by atoms with van der Waals surface area (Å²) in [5.41, 5.74) is -0.128. The summed E-state index contributed by atoms with van der Waals surface area (Å²) in [5.74, 6) is -2.08. The van der Waals surface area contributed by atoms with E-state index in [0.717, 1.165) is 5.52 Å². The van der Waals surface area contributed by atoms with Crippen molar-refractivity contribution < 1.29 is 29.0 Å². The van der Waals surface area contributed by atoms with Crippen LogP contribution in [0.2, 0.25) is 0 Å². The van der Waals surface area contributed by atoms with Crippen LogP contribution in [0.5, 0.6) is 5.75 Å². The molecule has 2 unspecified atom stereocenters. The van der Waals surface area contributed by atoms with Crippen LogP contribution in [0, 0.1) is 11.8 Å². The summed E-state index contributed by atoms with van der Waals surface area (Å²) in [6, 6.07) is 12.9. The van der Waals surface area contributed by atoms with E-state index in [1.54, 1.807) is 33.6 Å². The Bertz CT molecular complexity index is 1710. The summed E-state index contributed by atoms with van der Waals surface area (Å²) in [7, 11) is 0. The first-order valence-electron chi connectivity index (χ1n) is 16.7. The van der Waals surface area contributed by atoms with Gasteiger partial charge in [-0.25, -0.2) is 4.68 Å². The Balaban J connectivity index is 1.40. The van der Waals surface area contributed by atoms with E-state index >= 15 is 0 Å². The van der Waals surface area contributed by atoms with Gasteiger partial charge in [-0.2, -0.15) is 0 Å². The Hall–Kier alpha value is -4.55. The minimum atomic E-state index is -1.27. The maximum absolute atomic E-state index is 14.9. The highest BCUT2D eigenvalue weighted by Gasteiger charge is 2.79. The van der Waals surface area contributed by atoms with Gasteiger partial charge < -0.3 is 29.3 Å². The Labute approximate surface area is 280 Å². The summed E-state index contributed by atoms with van der Waals surface area (Å²) in [4.78, 5) is 49.0. The lowest BCUT2D eigenvalue weighted by Crippen LogP contribution is -2.58. The number of para-hydroxylation sites is 1. The average Bonchev–Trinajstić information content (AvgIpc) is 3.83. The fraction of sp³-hybridized carbons (Fsp3) is 0.472. The number of benzene rings is 2. The third-order valence-electron chi connectivity index (χ3n) is 10.3. The van der Waals surface area contributed by atoms with E-state index in [9.17, 15) is 19.5 Å². The standard InChI is InChI=1S/C36H44N6O6/c1-6-20-39(23-41-28-13-11-10-12-27(28)37-38-41)34(46)31-36-19-18-35(8-3,48-36)29(30(36)33(45)42(31)24(5)22-43)32(44)40(21-7-2)25-14-16-26(17-15-25)47-9-4/h6-7,10-17,24,29-31,43H,1-2,8-9,18-23H2,3-5H3/t24-,29-,30+,31?,35+,36?/m1/s1. The van der Waals surface area contributed by atoms with E-state index in [1.807, 2.05) is 62.4 Å². The lowest BCUT2D eigenvalue weighted by Gasteiger charge is -2.38. The highest BCUT2D eigenvalue weighted by molar-refractivity contribution is 6.03. The monoisotopic (exact) mass is 656 g/mol. The summed E-state index contributed by atoms with van der Waals surface area (Å²) >= 11 is 0. The molecule has 6 rings (SSSR count). The second kappa shape index (κ2) is 13.2. The van der Waals surface area contributed by atoms with Gasteiger partial charge in [0.05, 0.1) is 42.2 Å². The molecule has 3 aliphatic rings. The third-order valence-corrected chi connectivity index (χ3v) is 10.3. The Morgan fingerprint density at radius 2 is 1.83 bits per heavy atom. The molecule has 0 saturated carbocycles. The van der Waals surface area contributed by atoms with Crippen molar-refractivity contribution in [2.75, 3.05) is 31.2 Å². The molecule has 3 aromatic rings. The Morgan fingerprint density at radius 3 is 2.50 bits per heavy atom. The van der Waals surface area contributed by atoms with Crippen LogP contribution in [-0.4, -0.2) is 97.2 Å². The number of anilines is 1. The van der Waals surface area contributed by atoms with Crippen molar-refractivity contribution in [1.82, 2.24) is 24.8 Å². The van der Waals surface area contributed by atoms with Crippen molar-refractivity contribution in [2.24, 2.45) is 11.8 Å². The molecule has 3 amide bonds. The molecule has 1 aromatic heterocycles. The fourth-order valence-electron chi connectivity index (χ4n) is 8.11. The quantitative estimate of drug-likeness (QED) is 0.261. The first-order chi connectivity index (χ1) is 23.2. The zero-order chi connectivity index (χ0) is 34.2. The van der Waals surface area contributed by atoms with E-state index in [-0.39, 0.29) is 44.1 Å². The van der Waals surface area contributed by atoms with Crippen LogP contribution < -0.4 is 9.64 Å². The highest BCUT2D eigenvalue weighted by Crippen LogP contribution is 2.65. The largest absolute Gasteiger partial charge is 0.494 e. The minimum absolute atomic E-state index is 0.0598. The number of amides is 3. The molecule has 12 heteroatoms. The molecule has 2 aromatic carbocycles. The van der Waals surface area contributed by atoms with Crippen LogP contribution in [0.15, 0.2) is 73.8 Å². The first kappa shape index (κ1) is 33.4. The number of nitrogens with zero attached hydrogens (tertiary/aromatic N) is 6. The summed E-state index contributed by atoms with van der Waals surface area (Å²) in [6.45, 7) is 14.0. The normalized spacial score (nSPS) is 26.4. The van der Waals surface area contributed by atoms with Gasteiger partial charge in [-0.05, 0) is 69.5 Å². The van der Waals surface area contributed by atoms with Crippen LogP contribution in [0.1, 0.15) is 40.0 Å². The smallest absolute Gasteiger partial charge is 0.250 e. The van der Waals surface area contributed by atoms with E-state index in [0.29, 0.717) is 42.8 Å². The number of rotatable bonds is 14. The number of carbonyl (C=O) groups is 3. The van der Waals surface area contributed by atoms with Gasteiger partial charge in [0.15, 0.2) is 0 Å². The second-order valence-electron chi connectivity index (χ2n) is 12.8. The maximum Gasteiger partial charge on any atom is 0.250 e.